The quantitative estimate of drug-likeness (QED) is 0.663. The summed E-state index contributed by atoms with van der Waals surface area (Å²) in [5.74, 6) is -0.273. The fourth-order valence-electron chi connectivity index (χ4n) is 3.69. The molecule has 1 aliphatic heterocycles. The molecule has 1 aliphatic rings. The lowest BCUT2D eigenvalue weighted by Crippen LogP contribution is -2.35. The zero-order valence-corrected chi connectivity index (χ0v) is 16.4. The Morgan fingerprint density at radius 3 is 2.66 bits per heavy atom. The van der Waals surface area contributed by atoms with E-state index in [2.05, 4.69) is 0 Å². The van der Waals surface area contributed by atoms with Crippen LogP contribution in [0.5, 0.6) is 5.75 Å². The Bertz CT molecular complexity index is 1160. The van der Waals surface area contributed by atoms with Gasteiger partial charge in [0.05, 0.1) is 24.1 Å². The second-order valence-corrected chi connectivity index (χ2v) is 7.30. The van der Waals surface area contributed by atoms with E-state index < -0.39 is 11.9 Å². The van der Waals surface area contributed by atoms with Gasteiger partial charge in [0.15, 0.2) is 5.43 Å². The number of hydrogen-bond donors (Lipinski definition) is 0. The number of ether oxygens (including phenoxy) is 1. The van der Waals surface area contributed by atoms with Crippen molar-refractivity contribution in [1.82, 2.24) is 9.80 Å². The van der Waals surface area contributed by atoms with Crippen LogP contribution in [0.15, 0.2) is 51.7 Å². The van der Waals surface area contributed by atoms with Crippen LogP contribution in [-0.4, -0.2) is 50.0 Å². The molecule has 0 N–H and O–H groups in total. The van der Waals surface area contributed by atoms with Crippen LogP contribution in [0.25, 0.3) is 11.0 Å². The molecular weight excluding hydrogens is 375 g/mol. The predicted molar refractivity (Wildman–Crippen MR) is 107 cm³/mol. The number of likely N-dealkylation sites (N-methyl/N-ethyl adjacent to an activating group) is 1. The molecule has 7 heteroatoms. The molecule has 0 saturated heterocycles. The van der Waals surface area contributed by atoms with Gasteiger partial charge < -0.3 is 19.0 Å². The second-order valence-electron chi connectivity index (χ2n) is 7.30. The maximum atomic E-state index is 13.9. The highest BCUT2D eigenvalue weighted by Crippen LogP contribution is 2.38. The van der Waals surface area contributed by atoms with E-state index in [0.717, 1.165) is 0 Å². The summed E-state index contributed by atoms with van der Waals surface area (Å²) in [6, 6.07) is 10.2. The van der Waals surface area contributed by atoms with Crippen LogP contribution in [-0.2, 0) is 0 Å². The molecule has 2 heterocycles. The first-order valence-corrected chi connectivity index (χ1v) is 9.26. The number of fused-ring (bicyclic) bond motifs is 2. The number of carbonyl (C=O) groups excluding carboxylic acids is 1. The van der Waals surface area contributed by atoms with E-state index in [1.165, 1.54) is 19.2 Å². The molecule has 0 fully saturated rings. The summed E-state index contributed by atoms with van der Waals surface area (Å²) in [5, 5.41) is 0.355. The largest absolute Gasteiger partial charge is 0.497 e. The standard InChI is InChI=1S/C22H21FN2O4/c1-24(2)9-10-25-19(13-5-4-6-14(23)11-13)18-20(26)16-8-7-15(28-3)12-17(16)29-21(18)22(25)27/h4-8,11-12,19H,9-10H2,1-3H3. The van der Waals surface area contributed by atoms with Crippen LogP contribution in [0.1, 0.15) is 27.7 Å². The van der Waals surface area contributed by atoms with Crippen molar-refractivity contribution < 1.29 is 18.3 Å². The highest BCUT2D eigenvalue weighted by Gasteiger charge is 2.42. The van der Waals surface area contributed by atoms with Gasteiger partial charge in [-0.25, -0.2) is 4.39 Å². The molecule has 1 atom stereocenters. The number of rotatable bonds is 5. The number of nitrogens with zero attached hydrogens (tertiary/aromatic N) is 2. The Labute approximate surface area is 167 Å². The first kappa shape index (κ1) is 19.1. The van der Waals surface area contributed by atoms with Gasteiger partial charge in [0.1, 0.15) is 17.1 Å². The molecule has 3 aromatic rings. The van der Waals surface area contributed by atoms with Crippen molar-refractivity contribution in [3.05, 3.63) is 75.4 Å². The molecule has 1 aromatic heterocycles. The molecule has 0 saturated carbocycles. The highest BCUT2D eigenvalue weighted by atomic mass is 19.1. The summed E-state index contributed by atoms with van der Waals surface area (Å²) in [6.45, 7) is 0.962. The number of carbonyl (C=O) groups is 1. The minimum atomic E-state index is -0.698. The molecule has 0 spiro atoms. The number of hydrogen-bond acceptors (Lipinski definition) is 5. The van der Waals surface area contributed by atoms with Gasteiger partial charge in [-0.2, -0.15) is 0 Å². The lowest BCUT2D eigenvalue weighted by atomic mass is 9.98. The van der Waals surface area contributed by atoms with Gasteiger partial charge in [0, 0.05) is 19.2 Å². The van der Waals surface area contributed by atoms with Crippen LogP contribution in [0, 0.1) is 5.82 Å². The fourth-order valence-corrected chi connectivity index (χ4v) is 3.69. The highest BCUT2D eigenvalue weighted by molar-refractivity contribution is 5.99. The normalized spacial score (nSPS) is 16.0. The van der Waals surface area contributed by atoms with Crippen molar-refractivity contribution in [2.45, 2.75) is 6.04 Å². The number of amides is 1. The zero-order valence-electron chi connectivity index (χ0n) is 16.4. The van der Waals surface area contributed by atoms with Gasteiger partial charge in [-0.15, -0.1) is 0 Å². The molecule has 0 radical (unpaired) electrons. The van der Waals surface area contributed by atoms with Crippen molar-refractivity contribution in [3.8, 4) is 5.75 Å². The third-order valence-corrected chi connectivity index (χ3v) is 5.13. The molecule has 4 rings (SSSR count). The van der Waals surface area contributed by atoms with E-state index in [4.69, 9.17) is 9.15 Å². The van der Waals surface area contributed by atoms with E-state index in [-0.39, 0.29) is 28.2 Å². The molecule has 29 heavy (non-hydrogen) atoms. The van der Waals surface area contributed by atoms with Gasteiger partial charge in [0.2, 0.25) is 5.76 Å². The van der Waals surface area contributed by atoms with Crippen molar-refractivity contribution >= 4 is 16.9 Å². The van der Waals surface area contributed by atoms with Gasteiger partial charge in [-0.05, 0) is 43.9 Å². The molecule has 1 unspecified atom stereocenters. The number of benzene rings is 2. The maximum Gasteiger partial charge on any atom is 0.290 e. The Morgan fingerprint density at radius 2 is 1.97 bits per heavy atom. The fraction of sp³-hybridized carbons (Fsp3) is 0.273. The van der Waals surface area contributed by atoms with Crippen LogP contribution in [0.3, 0.4) is 0 Å². The van der Waals surface area contributed by atoms with E-state index in [1.807, 2.05) is 19.0 Å². The summed E-state index contributed by atoms with van der Waals surface area (Å²) >= 11 is 0. The van der Waals surface area contributed by atoms with Gasteiger partial charge in [-0.3, -0.25) is 9.59 Å². The van der Waals surface area contributed by atoms with Gasteiger partial charge in [0.25, 0.3) is 5.91 Å². The minimum absolute atomic E-state index is 0.00349. The van der Waals surface area contributed by atoms with Crippen LogP contribution in [0.4, 0.5) is 4.39 Å². The summed E-state index contributed by atoms with van der Waals surface area (Å²) in [7, 11) is 5.31. The number of methoxy groups -OCH3 is 1. The monoisotopic (exact) mass is 396 g/mol. The summed E-state index contributed by atoms with van der Waals surface area (Å²) in [5.41, 5.74) is 0.779. The Morgan fingerprint density at radius 1 is 1.17 bits per heavy atom. The summed E-state index contributed by atoms with van der Waals surface area (Å²) in [6.07, 6.45) is 0. The van der Waals surface area contributed by atoms with Gasteiger partial charge in [-0.1, -0.05) is 12.1 Å². The molecule has 2 aromatic carbocycles. The Hall–Kier alpha value is -3.19. The van der Waals surface area contributed by atoms with Crippen LogP contribution < -0.4 is 10.2 Å². The summed E-state index contributed by atoms with van der Waals surface area (Å²) in [4.78, 5) is 30.0. The topological polar surface area (TPSA) is 63.0 Å². The minimum Gasteiger partial charge on any atom is -0.497 e. The van der Waals surface area contributed by atoms with E-state index in [1.54, 1.807) is 35.2 Å². The lowest BCUT2D eigenvalue weighted by molar-refractivity contribution is 0.0716. The first-order chi connectivity index (χ1) is 13.9. The lowest BCUT2D eigenvalue weighted by Gasteiger charge is -2.26. The molecule has 1 amide bonds. The Balaban J connectivity index is 1.94. The van der Waals surface area contributed by atoms with E-state index in [0.29, 0.717) is 29.8 Å². The average Bonchev–Trinajstić information content (AvgIpc) is 2.98. The first-order valence-electron chi connectivity index (χ1n) is 9.26. The van der Waals surface area contributed by atoms with Crippen LogP contribution >= 0.6 is 0 Å². The Kier molecular flexibility index (Phi) is 4.84. The maximum absolute atomic E-state index is 13.9. The number of halogens is 1. The molecule has 150 valence electrons. The molecule has 0 aliphatic carbocycles. The third kappa shape index (κ3) is 3.27. The molecule has 6 nitrogen and oxygen atoms in total. The van der Waals surface area contributed by atoms with Crippen molar-refractivity contribution in [2.24, 2.45) is 0 Å². The molecular formula is C22H21FN2O4. The average molecular weight is 396 g/mol. The predicted octanol–water partition coefficient (Wildman–Crippen LogP) is 3.05. The van der Waals surface area contributed by atoms with Gasteiger partial charge >= 0.3 is 0 Å². The third-order valence-electron chi connectivity index (χ3n) is 5.13. The molecule has 0 bridgehead atoms. The smallest absolute Gasteiger partial charge is 0.290 e. The summed E-state index contributed by atoms with van der Waals surface area (Å²) < 4.78 is 25.0. The zero-order chi connectivity index (χ0) is 20.7. The van der Waals surface area contributed by atoms with Crippen molar-refractivity contribution in [3.63, 3.8) is 0 Å². The van der Waals surface area contributed by atoms with Crippen LogP contribution in [0.2, 0.25) is 0 Å². The SMILES string of the molecule is COc1ccc2c(=O)c3c(oc2c1)C(=O)N(CCN(C)C)C3c1cccc(F)c1. The van der Waals surface area contributed by atoms with E-state index >= 15 is 0 Å². The van der Waals surface area contributed by atoms with E-state index in [9.17, 15) is 14.0 Å². The van der Waals surface area contributed by atoms with Crippen molar-refractivity contribution in [2.75, 3.05) is 34.3 Å². The van der Waals surface area contributed by atoms with Crippen molar-refractivity contribution in [1.29, 1.82) is 0 Å². The second kappa shape index (κ2) is 7.33.